The third-order valence-electron chi connectivity index (χ3n) is 2.63. The van der Waals surface area contributed by atoms with E-state index in [2.05, 4.69) is 24.0 Å². The highest BCUT2D eigenvalue weighted by atomic mass is 32.2. The predicted molar refractivity (Wildman–Crippen MR) is 75.8 cm³/mol. The summed E-state index contributed by atoms with van der Waals surface area (Å²) < 4.78 is 18.4. The lowest BCUT2D eigenvalue weighted by Crippen LogP contribution is -2.00. The SMILES string of the molecule is CC(C)Cc1nc(CSc2ccc(F)c(C(=O)O)c2)no1. The smallest absolute Gasteiger partial charge is 0.338 e. The van der Waals surface area contributed by atoms with Gasteiger partial charge in [0.1, 0.15) is 5.82 Å². The van der Waals surface area contributed by atoms with Crippen molar-refractivity contribution in [1.82, 2.24) is 10.1 Å². The molecular formula is C14H15FN2O3S. The number of rotatable bonds is 6. The molecule has 0 amide bonds. The van der Waals surface area contributed by atoms with Crippen molar-refractivity contribution < 1.29 is 18.8 Å². The summed E-state index contributed by atoms with van der Waals surface area (Å²) in [7, 11) is 0. The van der Waals surface area contributed by atoms with Gasteiger partial charge in [0.25, 0.3) is 0 Å². The molecule has 0 bridgehead atoms. The lowest BCUT2D eigenvalue weighted by molar-refractivity contribution is 0.0691. The Morgan fingerprint density at radius 2 is 2.24 bits per heavy atom. The maximum Gasteiger partial charge on any atom is 0.338 e. The number of carboxylic acids is 1. The van der Waals surface area contributed by atoms with Crippen LogP contribution in [-0.4, -0.2) is 21.2 Å². The quantitative estimate of drug-likeness (QED) is 0.824. The molecular weight excluding hydrogens is 295 g/mol. The van der Waals surface area contributed by atoms with Crippen LogP contribution in [0.1, 0.15) is 35.9 Å². The standard InChI is InChI=1S/C14H15FN2O3S/c1-8(2)5-13-16-12(17-20-13)7-21-9-3-4-11(15)10(6-9)14(18)19/h3-4,6,8H,5,7H2,1-2H3,(H,18,19). The van der Waals surface area contributed by atoms with Gasteiger partial charge in [-0.2, -0.15) is 4.98 Å². The van der Waals surface area contributed by atoms with Crippen LogP contribution >= 0.6 is 11.8 Å². The van der Waals surface area contributed by atoms with E-state index < -0.39 is 11.8 Å². The molecule has 0 spiro atoms. The van der Waals surface area contributed by atoms with E-state index in [1.54, 1.807) is 0 Å². The van der Waals surface area contributed by atoms with E-state index in [-0.39, 0.29) is 5.56 Å². The van der Waals surface area contributed by atoms with E-state index >= 15 is 0 Å². The molecule has 0 fully saturated rings. The van der Waals surface area contributed by atoms with Gasteiger partial charge >= 0.3 is 5.97 Å². The first-order valence-electron chi connectivity index (χ1n) is 6.43. The summed E-state index contributed by atoms with van der Waals surface area (Å²) in [6, 6.07) is 3.98. The largest absolute Gasteiger partial charge is 0.478 e. The number of benzene rings is 1. The highest BCUT2D eigenvalue weighted by Crippen LogP contribution is 2.24. The molecule has 0 atom stereocenters. The minimum Gasteiger partial charge on any atom is -0.478 e. The van der Waals surface area contributed by atoms with Crippen LogP contribution in [0.25, 0.3) is 0 Å². The van der Waals surface area contributed by atoms with Gasteiger partial charge in [0, 0.05) is 11.3 Å². The molecule has 0 aliphatic heterocycles. The minimum absolute atomic E-state index is 0.339. The molecule has 7 heteroatoms. The van der Waals surface area contributed by atoms with Crippen LogP contribution in [0.2, 0.25) is 0 Å². The normalized spacial score (nSPS) is 11.0. The van der Waals surface area contributed by atoms with Crippen LogP contribution in [0.4, 0.5) is 4.39 Å². The topological polar surface area (TPSA) is 76.2 Å². The van der Waals surface area contributed by atoms with E-state index in [1.165, 1.54) is 23.9 Å². The lowest BCUT2D eigenvalue weighted by Gasteiger charge is -2.02. The third kappa shape index (κ3) is 4.29. The zero-order valence-corrected chi connectivity index (χ0v) is 12.5. The summed E-state index contributed by atoms with van der Waals surface area (Å²) in [5.74, 6) is -0.0324. The van der Waals surface area contributed by atoms with Gasteiger partial charge in [-0.1, -0.05) is 19.0 Å². The number of aromatic nitrogens is 2. The zero-order chi connectivity index (χ0) is 15.4. The highest BCUT2D eigenvalue weighted by molar-refractivity contribution is 7.98. The Morgan fingerprint density at radius 1 is 1.48 bits per heavy atom. The third-order valence-corrected chi connectivity index (χ3v) is 3.62. The second-order valence-electron chi connectivity index (χ2n) is 4.94. The van der Waals surface area contributed by atoms with Crippen LogP contribution in [0.15, 0.2) is 27.6 Å². The van der Waals surface area contributed by atoms with E-state index in [9.17, 15) is 9.18 Å². The van der Waals surface area contributed by atoms with Crippen LogP contribution in [-0.2, 0) is 12.2 Å². The Balaban J connectivity index is 2.01. The fourth-order valence-electron chi connectivity index (χ4n) is 1.69. The summed E-state index contributed by atoms with van der Waals surface area (Å²) in [4.78, 5) is 15.8. The molecule has 1 aromatic heterocycles. The molecule has 112 valence electrons. The molecule has 21 heavy (non-hydrogen) atoms. The highest BCUT2D eigenvalue weighted by Gasteiger charge is 2.12. The van der Waals surface area contributed by atoms with Gasteiger partial charge in [0.05, 0.1) is 11.3 Å². The first-order valence-corrected chi connectivity index (χ1v) is 7.41. The summed E-state index contributed by atoms with van der Waals surface area (Å²) >= 11 is 1.33. The monoisotopic (exact) mass is 310 g/mol. The van der Waals surface area contributed by atoms with Crippen molar-refractivity contribution in [3.8, 4) is 0 Å². The van der Waals surface area contributed by atoms with Gasteiger partial charge in [-0.05, 0) is 24.1 Å². The molecule has 0 aliphatic carbocycles. The molecule has 0 saturated carbocycles. The molecule has 5 nitrogen and oxygen atoms in total. The van der Waals surface area contributed by atoms with Crippen molar-refractivity contribution in [2.75, 3.05) is 0 Å². The van der Waals surface area contributed by atoms with Crippen molar-refractivity contribution in [2.45, 2.75) is 30.9 Å². The number of carboxylic acid groups (broad SMARTS) is 1. The van der Waals surface area contributed by atoms with Crippen molar-refractivity contribution in [1.29, 1.82) is 0 Å². The first kappa shape index (κ1) is 15.5. The molecule has 0 unspecified atom stereocenters. The number of hydrogen-bond acceptors (Lipinski definition) is 5. The van der Waals surface area contributed by atoms with Crippen LogP contribution < -0.4 is 0 Å². The fourth-order valence-corrected chi connectivity index (χ4v) is 2.47. The Labute approximate surface area is 125 Å². The van der Waals surface area contributed by atoms with E-state index in [4.69, 9.17) is 9.63 Å². The maximum atomic E-state index is 13.3. The number of carbonyl (C=O) groups is 1. The summed E-state index contributed by atoms with van der Waals surface area (Å²) in [6.45, 7) is 4.12. The average Bonchev–Trinajstić information content (AvgIpc) is 2.84. The van der Waals surface area contributed by atoms with E-state index in [1.807, 2.05) is 0 Å². The fraction of sp³-hybridized carbons (Fsp3) is 0.357. The van der Waals surface area contributed by atoms with Crippen LogP contribution in [0.3, 0.4) is 0 Å². The first-order chi connectivity index (χ1) is 9.95. The number of nitrogens with zero attached hydrogens (tertiary/aromatic N) is 2. The van der Waals surface area contributed by atoms with Crippen molar-refractivity contribution >= 4 is 17.7 Å². The summed E-state index contributed by atoms with van der Waals surface area (Å²) in [5, 5.41) is 12.7. The van der Waals surface area contributed by atoms with E-state index in [0.717, 1.165) is 12.5 Å². The Hall–Kier alpha value is -1.89. The Bertz CT molecular complexity index is 643. The van der Waals surface area contributed by atoms with Gasteiger partial charge < -0.3 is 9.63 Å². The maximum absolute atomic E-state index is 13.3. The van der Waals surface area contributed by atoms with Gasteiger partial charge in [-0.25, -0.2) is 9.18 Å². The Kier molecular flexibility index (Phi) is 4.95. The molecule has 1 heterocycles. The number of halogens is 1. The molecule has 0 radical (unpaired) electrons. The van der Waals surface area contributed by atoms with Crippen LogP contribution in [0.5, 0.6) is 0 Å². The number of thioether (sulfide) groups is 1. The minimum atomic E-state index is -1.28. The molecule has 2 rings (SSSR count). The Morgan fingerprint density at radius 3 is 2.90 bits per heavy atom. The van der Waals surface area contributed by atoms with Crippen molar-refractivity contribution in [2.24, 2.45) is 5.92 Å². The zero-order valence-electron chi connectivity index (χ0n) is 11.7. The van der Waals surface area contributed by atoms with Crippen molar-refractivity contribution in [3.63, 3.8) is 0 Å². The second-order valence-corrected chi connectivity index (χ2v) is 5.99. The van der Waals surface area contributed by atoms with E-state index in [0.29, 0.717) is 28.3 Å². The molecule has 1 N–H and O–H groups in total. The van der Waals surface area contributed by atoms with Crippen LogP contribution in [0, 0.1) is 11.7 Å². The lowest BCUT2D eigenvalue weighted by atomic mass is 10.1. The van der Waals surface area contributed by atoms with Gasteiger partial charge in [-0.15, -0.1) is 11.8 Å². The second kappa shape index (κ2) is 6.71. The number of aromatic carboxylic acids is 1. The van der Waals surface area contributed by atoms with Gasteiger partial charge in [-0.3, -0.25) is 0 Å². The summed E-state index contributed by atoms with van der Waals surface area (Å²) in [5.41, 5.74) is -0.339. The average molecular weight is 310 g/mol. The molecule has 1 aromatic carbocycles. The molecule has 0 saturated heterocycles. The summed E-state index contributed by atoms with van der Waals surface area (Å²) in [6.07, 6.45) is 0.720. The molecule has 0 aliphatic rings. The van der Waals surface area contributed by atoms with Gasteiger partial charge in [0.2, 0.25) is 5.89 Å². The predicted octanol–water partition coefficient (Wildman–Crippen LogP) is 3.40. The van der Waals surface area contributed by atoms with Gasteiger partial charge in [0.15, 0.2) is 5.82 Å². The number of hydrogen-bond donors (Lipinski definition) is 1. The molecule has 2 aromatic rings. The van der Waals surface area contributed by atoms with Crippen molar-refractivity contribution in [3.05, 3.63) is 41.3 Å².